The molecule has 4 saturated heterocycles. The largest absolute Gasteiger partial charge is 0.494 e. The number of likely N-dealkylation sites (N-methyl/N-ethyl adjacent to an activating group) is 1. The summed E-state index contributed by atoms with van der Waals surface area (Å²) >= 11 is 0. The molecule has 0 saturated carbocycles. The number of carbonyl (C=O) groups is 1. The number of ether oxygens (including phenoxy) is 1. The van der Waals surface area contributed by atoms with Crippen molar-refractivity contribution in [3.63, 3.8) is 0 Å². The zero-order chi connectivity index (χ0) is 32.5. The summed E-state index contributed by atoms with van der Waals surface area (Å²) in [6.45, 7) is 11.7. The third kappa shape index (κ3) is 6.37. The number of nitrogens with one attached hydrogen (secondary N) is 2. The van der Waals surface area contributed by atoms with E-state index in [0.29, 0.717) is 59.9 Å². The Morgan fingerprint density at radius 2 is 1.94 bits per heavy atom. The third-order valence-corrected chi connectivity index (χ3v) is 10.1. The lowest BCUT2D eigenvalue weighted by Crippen LogP contribution is -2.53. The number of hydroxylamine groups is 1. The van der Waals surface area contributed by atoms with Crippen LogP contribution in [0, 0.1) is 5.82 Å². The standard InChI is InChI=1S/C35H43FN8O3/c1-4-35(45)40-28-17-29(39-33-19-34(38-22-37-33)44-30(11-14-47-44)23-7-6-8-24(36)15-23)32(46-3)18-31(28)42-12-9-25(10-13-42)43-21-26-16-27(43)20-41(26)5-2/h4,6-8,15,17-19,22,25-27,30H,1,5,9-14,16,20-21H2,2-3H3,(H,40,45)(H,37,38,39)/t26-,27-,30+/m0/s1. The van der Waals surface area contributed by atoms with E-state index in [1.54, 1.807) is 24.3 Å². The number of rotatable bonds is 10. The summed E-state index contributed by atoms with van der Waals surface area (Å²) in [6.07, 6.45) is 6.88. The molecule has 3 aromatic rings. The van der Waals surface area contributed by atoms with Crippen LogP contribution >= 0.6 is 0 Å². The molecule has 1 amide bonds. The Morgan fingerprint density at radius 1 is 1.09 bits per heavy atom. The molecule has 47 heavy (non-hydrogen) atoms. The van der Waals surface area contributed by atoms with E-state index < -0.39 is 0 Å². The number of benzene rings is 2. The SMILES string of the molecule is C=CC(=O)Nc1cc(Nc2cc(N3OCC[C@@H]3c3cccc(F)c3)ncn2)c(OC)cc1N1CCC(N2C[C@@H]3C[C@H]2CN3CC)CC1. The molecule has 0 unspecified atom stereocenters. The van der Waals surface area contributed by atoms with E-state index in [9.17, 15) is 9.18 Å². The molecule has 11 nitrogen and oxygen atoms in total. The number of anilines is 5. The molecule has 4 fully saturated rings. The van der Waals surface area contributed by atoms with Gasteiger partial charge in [-0.05, 0) is 55.6 Å². The van der Waals surface area contributed by atoms with Crippen LogP contribution in [-0.2, 0) is 9.63 Å². The molecule has 4 aliphatic heterocycles. The van der Waals surface area contributed by atoms with E-state index in [-0.39, 0.29) is 17.8 Å². The quantitative estimate of drug-likeness (QED) is 0.290. The van der Waals surface area contributed by atoms with Gasteiger partial charge in [0.05, 0.1) is 36.8 Å². The number of halogens is 1. The molecule has 2 bridgehead atoms. The number of hydrogen-bond donors (Lipinski definition) is 2. The van der Waals surface area contributed by atoms with Gasteiger partial charge in [-0.2, -0.15) is 0 Å². The number of amides is 1. The first kappa shape index (κ1) is 31.3. The number of piperazine rings is 1. The molecule has 4 aliphatic rings. The summed E-state index contributed by atoms with van der Waals surface area (Å²) in [4.78, 5) is 35.1. The monoisotopic (exact) mass is 642 g/mol. The molecule has 2 N–H and O–H groups in total. The lowest BCUT2D eigenvalue weighted by atomic mass is 10.0. The van der Waals surface area contributed by atoms with Crippen molar-refractivity contribution in [2.75, 3.05) is 67.0 Å². The van der Waals surface area contributed by atoms with Crippen LogP contribution in [0.2, 0.25) is 0 Å². The number of methoxy groups -OCH3 is 1. The molecule has 1 aromatic heterocycles. The van der Waals surface area contributed by atoms with Crippen LogP contribution in [0.5, 0.6) is 5.75 Å². The zero-order valence-electron chi connectivity index (χ0n) is 27.1. The highest BCUT2D eigenvalue weighted by atomic mass is 19.1. The maximum Gasteiger partial charge on any atom is 0.247 e. The second-order valence-corrected chi connectivity index (χ2v) is 12.7. The minimum atomic E-state index is -0.291. The Kier molecular flexibility index (Phi) is 8.98. The van der Waals surface area contributed by atoms with E-state index >= 15 is 0 Å². The lowest BCUT2D eigenvalue weighted by molar-refractivity contribution is -0.111. The molecule has 3 atom stereocenters. The number of nitrogens with zero attached hydrogens (tertiary/aromatic N) is 6. The molecular formula is C35H43FN8O3. The predicted octanol–water partition coefficient (Wildman–Crippen LogP) is 5.12. The summed E-state index contributed by atoms with van der Waals surface area (Å²) in [5.74, 6) is 1.09. The van der Waals surface area contributed by atoms with Crippen LogP contribution in [-0.4, -0.2) is 90.2 Å². The Bertz CT molecular complexity index is 1620. The van der Waals surface area contributed by atoms with E-state index in [2.05, 4.69) is 48.8 Å². The molecule has 5 heterocycles. The van der Waals surface area contributed by atoms with Gasteiger partial charge in [0.1, 0.15) is 23.7 Å². The van der Waals surface area contributed by atoms with E-state index in [4.69, 9.17) is 9.57 Å². The van der Waals surface area contributed by atoms with Gasteiger partial charge in [-0.25, -0.2) is 19.4 Å². The van der Waals surface area contributed by atoms with Gasteiger partial charge in [0.25, 0.3) is 0 Å². The molecular weight excluding hydrogens is 599 g/mol. The molecule has 7 rings (SSSR count). The van der Waals surface area contributed by atoms with Crippen molar-refractivity contribution in [1.29, 1.82) is 0 Å². The van der Waals surface area contributed by atoms with Gasteiger partial charge >= 0.3 is 0 Å². The van der Waals surface area contributed by atoms with Crippen LogP contribution in [0.1, 0.15) is 44.2 Å². The topological polar surface area (TPSA) is 98.3 Å². The number of carbonyl (C=O) groups excluding carboxylic acids is 1. The molecule has 2 aromatic carbocycles. The fraction of sp³-hybridized carbons (Fsp3) is 0.457. The first-order chi connectivity index (χ1) is 22.9. The number of likely N-dealkylation sites (tertiary alicyclic amines) is 2. The molecule has 248 valence electrons. The molecule has 0 aliphatic carbocycles. The number of fused-ring (bicyclic) bond motifs is 2. The predicted molar refractivity (Wildman–Crippen MR) is 181 cm³/mol. The van der Waals surface area contributed by atoms with Crippen LogP contribution in [0.3, 0.4) is 0 Å². The minimum Gasteiger partial charge on any atom is -0.494 e. The molecule has 12 heteroatoms. The Labute approximate surface area is 275 Å². The van der Waals surface area contributed by atoms with Gasteiger partial charge < -0.3 is 20.3 Å². The number of hydrogen-bond acceptors (Lipinski definition) is 10. The average molecular weight is 643 g/mol. The van der Waals surface area contributed by atoms with Crippen molar-refractivity contribution in [1.82, 2.24) is 19.8 Å². The Hall–Kier alpha value is -4.26. The second-order valence-electron chi connectivity index (χ2n) is 12.7. The van der Waals surface area contributed by atoms with Gasteiger partial charge in [0.15, 0.2) is 5.82 Å². The van der Waals surface area contributed by atoms with E-state index in [1.165, 1.54) is 44.0 Å². The third-order valence-electron chi connectivity index (χ3n) is 10.1. The minimum absolute atomic E-state index is 0.182. The fourth-order valence-electron chi connectivity index (χ4n) is 7.82. The van der Waals surface area contributed by atoms with Crippen LogP contribution < -0.4 is 25.3 Å². The number of piperidine rings is 1. The highest BCUT2D eigenvalue weighted by Gasteiger charge is 2.45. The van der Waals surface area contributed by atoms with Gasteiger partial charge in [-0.3, -0.25) is 19.4 Å². The van der Waals surface area contributed by atoms with Crippen molar-refractivity contribution >= 4 is 34.6 Å². The lowest BCUT2D eigenvalue weighted by Gasteiger charge is -2.43. The van der Waals surface area contributed by atoms with Crippen LogP contribution in [0.15, 0.2) is 61.4 Å². The second kappa shape index (κ2) is 13.5. The molecule has 0 radical (unpaired) electrons. The first-order valence-electron chi connectivity index (χ1n) is 16.6. The van der Waals surface area contributed by atoms with E-state index in [1.807, 2.05) is 18.2 Å². The maximum absolute atomic E-state index is 14.0. The van der Waals surface area contributed by atoms with Crippen molar-refractivity contribution in [3.05, 3.63) is 72.8 Å². The highest BCUT2D eigenvalue weighted by Crippen LogP contribution is 2.41. The smallest absolute Gasteiger partial charge is 0.247 e. The summed E-state index contributed by atoms with van der Waals surface area (Å²) in [6, 6.07) is 14.0. The average Bonchev–Trinajstić information content (AvgIpc) is 3.85. The number of aromatic nitrogens is 2. The maximum atomic E-state index is 14.0. The highest BCUT2D eigenvalue weighted by molar-refractivity contribution is 6.02. The summed E-state index contributed by atoms with van der Waals surface area (Å²) in [5, 5.41) is 8.08. The first-order valence-corrected chi connectivity index (χ1v) is 16.6. The van der Waals surface area contributed by atoms with Gasteiger partial charge in [-0.1, -0.05) is 25.6 Å². The fourth-order valence-corrected chi connectivity index (χ4v) is 7.82. The molecule has 0 spiro atoms. The van der Waals surface area contributed by atoms with Gasteiger partial charge in [-0.15, -0.1) is 0 Å². The van der Waals surface area contributed by atoms with Gasteiger partial charge in [0, 0.05) is 62.9 Å². The van der Waals surface area contributed by atoms with Crippen molar-refractivity contribution in [3.8, 4) is 5.75 Å². The summed E-state index contributed by atoms with van der Waals surface area (Å²) < 4.78 is 19.9. The zero-order valence-corrected chi connectivity index (χ0v) is 27.1. The van der Waals surface area contributed by atoms with Crippen LogP contribution in [0.4, 0.5) is 33.1 Å². The van der Waals surface area contributed by atoms with Crippen molar-refractivity contribution < 1.29 is 18.8 Å². The van der Waals surface area contributed by atoms with Crippen molar-refractivity contribution in [2.45, 2.75) is 56.8 Å². The van der Waals surface area contributed by atoms with Crippen LogP contribution in [0.25, 0.3) is 0 Å². The Morgan fingerprint density at radius 3 is 2.66 bits per heavy atom. The summed E-state index contributed by atoms with van der Waals surface area (Å²) in [5.41, 5.74) is 3.02. The van der Waals surface area contributed by atoms with E-state index in [0.717, 1.165) is 43.7 Å². The normalized spacial score (nSPS) is 23.3. The summed E-state index contributed by atoms with van der Waals surface area (Å²) in [7, 11) is 1.63. The van der Waals surface area contributed by atoms with Crippen molar-refractivity contribution in [2.24, 2.45) is 0 Å². The Balaban J connectivity index is 1.10. The van der Waals surface area contributed by atoms with Gasteiger partial charge in [0.2, 0.25) is 5.91 Å².